The molecule has 2 nitrogen and oxygen atoms in total. The maximum absolute atomic E-state index is 10.6. The van der Waals surface area contributed by atoms with Crippen molar-refractivity contribution < 1.29 is 5.11 Å². The van der Waals surface area contributed by atoms with Gasteiger partial charge >= 0.3 is 0 Å². The second kappa shape index (κ2) is 6.05. The average Bonchev–Trinajstić information content (AvgIpc) is 2.81. The van der Waals surface area contributed by atoms with Gasteiger partial charge in [-0.1, -0.05) is 44.9 Å². The van der Waals surface area contributed by atoms with Crippen molar-refractivity contribution in [1.82, 2.24) is 4.98 Å². The number of rotatable bonds is 6. The monoisotopic (exact) mass is 245 g/mol. The van der Waals surface area contributed by atoms with Crippen LogP contribution in [0.2, 0.25) is 0 Å². The van der Waals surface area contributed by atoms with Crippen LogP contribution in [0.3, 0.4) is 0 Å². The third-order valence-electron chi connectivity index (χ3n) is 3.71. The zero-order chi connectivity index (χ0) is 13.0. The molecule has 0 aliphatic heterocycles. The van der Waals surface area contributed by atoms with E-state index in [0.717, 1.165) is 42.1 Å². The summed E-state index contributed by atoms with van der Waals surface area (Å²) in [5.41, 5.74) is 2.16. The molecule has 2 heteroatoms. The molecule has 1 aromatic heterocycles. The van der Waals surface area contributed by atoms with Gasteiger partial charge in [-0.2, -0.15) is 0 Å². The number of aliphatic hydroxyl groups is 1. The van der Waals surface area contributed by atoms with Gasteiger partial charge in [0, 0.05) is 22.7 Å². The molecule has 0 amide bonds. The van der Waals surface area contributed by atoms with Gasteiger partial charge in [-0.25, -0.2) is 0 Å². The van der Waals surface area contributed by atoms with Crippen LogP contribution in [0.4, 0.5) is 0 Å². The predicted molar refractivity (Wildman–Crippen MR) is 76.6 cm³/mol. The number of H-pyrrole nitrogens is 1. The summed E-state index contributed by atoms with van der Waals surface area (Å²) in [4.78, 5) is 3.25. The highest BCUT2D eigenvalue weighted by atomic mass is 16.3. The topological polar surface area (TPSA) is 36.0 Å². The molecule has 2 N–H and O–H groups in total. The second-order valence-electron chi connectivity index (χ2n) is 5.07. The number of para-hydroxylation sites is 1. The van der Waals surface area contributed by atoms with Gasteiger partial charge in [-0.3, -0.25) is 0 Å². The molecular formula is C16H23NO. The minimum atomic E-state index is -0.346. The van der Waals surface area contributed by atoms with Crippen LogP contribution in [0, 0.1) is 5.92 Å². The fourth-order valence-corrected chi connectivity index (χ4v) is 2.79. The van der Waals surface area contributed by atoms with E-state index in [9.17, 15) is 5.11 Å². The Morgan fingerprint density at radius 2 is 1.78 bits per heavy atom. The van der Waals surface area contributed by atoms with Crippen molar-refractivity contribution in [1.29, 1.82) is 0 Å². The molecule has 1 atom stereocenters. The zero-order valence-corrected chi connectivity index (χ0v) is 11.3. The van der Waals surface area contributed by atoms with Crippen LogP contribution in [-0.4, -0.2) is 10.1 Å². The molecule has 1 unspecified atom stereocenters. The standard InChI is InChI=1S/C16H23NO/c1-3-7-12(8-4-2)16(18)14-11-17-15-10-6-5-9-13(14)15/h5-6,9-12,16-18H,3-4,7-8H2,1-2H3. The first-order chi connectivity index (χ1) is 8.77. The van der Waals surface area contributed by atoms with E-state index in [2.05, 4.69) is 31.0 Å². The van der Waals surface area contributed by atoms with Gasteiger partial charge in [0.1, 0.15) is 0 Å². The van der Waals surface area contributed by atoms with Crippen LogP contribution in [0.15, 0.2) is 30.5 Å². The van der Waals surface area contributed by atoms with E-state index in [-0.39, 0.29) is 6.10 Å². The molecule has 0 spiro atoms. The summed E-state index contributed by atoms with van der Waals surface area (Å²) in [7, 11) is 0. The van der Waals surface area contributed by atoms with E-state index in [0.29, 0.717) is 5.92 Å². The molecule has 0 saturated heterocycles. The number of hydrogen-bond donors (Lipinski definition) is 2. The summed E-state index contributed by atoms with van der Waals surface area (Å²) < 4.78 is 0. The zero-order valence-electron chi connectivity index (χ0n) is 11.3. The molecule has 0 radical (unpaired) electrons. The Bertz CT molecular complexity index is 483. The van der Waals surface area contributed by atoms with Crippen molar-refractivity contribution in [2.75, 3.05) is 0 Å². The van der Waals surface area contributed by atoms with Crippen LogP contribution < -0.4 is 0 Å². The van der Waals surface area contributed by atoms with Gasteiger partial charge in [-0.05, 0) is 24.8 Å². The number of benzene rings is 1. The van der Waals surface area contributed by atoms with Crippen LogP contribution in [0.1, 0.15) is 51.2 Å². The minimum absolute atomic E-state index is 0.346. The number of nitrogens with one attached hydrogen (secondary N) is 1. The normalized spacial score (nSPS) is 13.3. The molecule has 1 heterocycles. The minimum Gasteiger partial charge on any atom is -0.388 e. The number of hydrogen-bond acceptors (Lipinski definition) is 1. The van der Waals surface area contributed by atoms with Crippen molar-refractivity contribution in [2.24, 2.45) is 5.92 Å². The molecule has 1 aromatic carbocycles. The molecule has 98 valence electrons. The summed E-state index contributed by atoms with van der Waals surface area (Å²) in [6.07, 6.45) is 6.06. The Morgan fingerprint density at radius 3 is 2.44 bits per heavy atom. The quantitative estimate of drug-likeness (QED) is 0.776. The summed E-state index contributed by atoms with van der Waals surface area (Å²) in [5, 5.41) is 11.8. The number of fused-ring (bicyclic) bond motifs is 1. The van der Waals surface area contributed by atoms with E-state index in [1.807, 2.05) is 18.3 Å². The number of aromatic amines is 1. The van der Waals surface area contributed by atoms with Crippen LogP contribution in [-0.2, 0) is 0 Å². The maximum atomic E-state index is 10.6. The van der Waals surface area contributed by atoms with Crippen molar-refractivity contribution >= 4 is 10.9 Å². The first-order valence-electron chi connectivity index (χ1n) is 7.02. The summed E-state index contributed by atoms with van der Waals surface area (Å²) in [6.45, 7) is 4.37. The molecule has 0 fully saturated rings. The van der Waals surface area contributed by atoms with Gasteiger partial charge in [0.15, 0.2) is 0 Å². The fourth-order valence-electron chi connectivity index (χ4n) is 2.79. The Hall–Kier alpha value is -1.28. The Balaban J connectivity index is 2.28. The predicted octanol–water partition coefficient (Wildman–Crippen LogP) is 4.42. The van der Waals surface area contributed by atoms with Gasteiger partial charge in [-0.15, -0.1) is 0 Å². The van der Waals surface area contributed by atoms with E-state index in [1.54, 1.807) is 0 Å². The van der Waals surface area contributed by atoms with E-state index >= 15 is 0 Å². The Kier molecular flexibility index (Phi) is 4.43. The van der Waals surface area contributed by atoms with Gasteiger partial charge in [0.2, 0.25) is 0 Å². The third-order valence-corrected chi connectivity index (χ3v) is 3.71. The molecule has 2 rings (SSSR count). The first-order valence-corrected chi connectivity index (χ1v) is 7.02. The first kappa shape index (κ1) is 13.2. The van der Waals surface area contributed by atoms with Gasteiger partial charge < -0.3 is 10.1 Å². The smallest absolute Gasteiger partial charge is 0.0838 e. The second-order valence-corrected chi connectivity index (χ2v) is 5.07. The molecule has 0 bridgehead atoms. The molecular weight excluding hydrogens is 222 g/mol. The van der Waals surface area contributed by atoms with Crippen LogP contribution in [0.5, 0.6) is 0 Å². The highest BCUT2D eigenvalue weighted by Gasteiger charge is 2.21. The lowest BCUT2D eigenvalue weighted by Crippen LogP contribution is -2.12. The van der Waals surface area contributed by atoms with Crippen molar-refractivity contribution in [3.8, 4) is 0 Å². The van der Waals surface area contributed by atoms with E-state index < -0.39 is 0 Å². The van der Waals surface area contributed by atoms with Crippen LogP contribution in [0.25, 0.3) is 10.9 Å². The lowest BCUT2D eigenvalue weighted by Gasteiger charge is -2.21. The molecule has 0 saturated carbocycles. The van der Waals surface area contributed by atoms with Crippen molar-refractivity contribution in [3.05, 3.63) is 36.0 Å². The number of aromatic nitrogens is 1. The van der Waals surface area contributed by atoms with Crippen molar-refractivity contribution in [2.45, 2.75) is 45.6 Å². The summed E-state index contributed by atoms with van der Waals surface area (Å²) in [5.74, 6) is 0.374. The number of aliphatic hydroxyl groups excluding tert-OH is 1. The molecule has 0 aliphatic rings. The maximum Gasteiger partial charge on any atom is 0.0838 e. The molecule has 2 aromatic rings. The van der Waals surface area contributed by atoms with E-state index in [1.165, 1.54) is 0 Å². The lowest BCUT2D eigenvalue weighted by molar-refractivity contribution is 0.0978. The van der Waals surface area contributed by atoms with Crippen LogP contribution >= 0.6 is 0 Å². The molecule has 18 heavy (non-hydrogen) atoms. The SMILES string of the molecule is CCCC(CCC)C(O)c1c[nH]c2ccccc12. The van der Waals surface area contributed by atoms with Crippen molar-refractivity contribution in [3.63, 3.8) is 0 Å². The fraction of sp³-hybridized carbons (Fsp3) is 0.500. The summed E-state index contributed by atoms with van der Waals surface area (Å²) >= 11 is 0. The Labute approximate surface area is 109 Å². The highest BCUT2D eigenvalue weighted by molar-refractivity contribution is 5.83. The van der Waals surface area contributed by atoms with Gasteiger partial charge in [0.05, 0.1) is 6.10 Å². The third kappa shape index (κ3) is 2.59. The lowest BCUT2D eigenvalue weighted by atomic mass is 9.88. The molecule has 0 aliphatic carbocycles. The highest BCUT2D eigenvalue weighted by Crippen LogP contribution is 2.33. The average molecular weight is 245 g/mol. The Morgan fingerprint density at radius 1 is 1.11 bits per heavy atom. The largest absolute Gasteiger partial charge is 0.388 e. The summed E-state index contributed by atoms with van der Waals surface area (Å²) in [6, 6.07) is 8.19. The van der Waals surface area contributed by atoms with Gasteiger partial charge in [0.25, 0.3) is 0 Å². The van der Waals surface area contributed by atoms with E-state index in [4.69, 9.17) is 0 Å².